The van der Waals surface area contributed by atoms with Crippen molar-refractivity contribution in [3.05, 3.63) is 249 Å². The molecule has 2 aromatic heterocycles. The van der Waals surface area contributed by atoms with E-state index < -0.39 is 0 Å². The molecule has 0 saturated heterocycles. The van der Waals surface area contributed by atoms with Crippen LogP contribution in [0.1, 0.15) is 0 Å². The van der Waals surface area contributed by atoms with Crippen molar-refractivity contribution in [1.29, 1.82) is 0 Å². The lowest BCUT2D eigenvalue weighted by atomic mass is 9.92. The minimum Gasteiger partial charge on any atom is -0.456 e. The normalized spacial score (nSPS) is 11.6. The molecular weight excluding hydrogens is 831 g/mol. The molecule has 0 atom stereocenters. The second-order valence-corrected chi connectivity index (χ2v) is 18.3. The van der Waals surface area contributed by atoms with Crippen LogP contribution in [-0.4, -0.2) is 0 Å². The second-order valence-electron chi connectivity index (χ2n) is 17.3. The summed E-state index contributed by atoms with van der Waals surface area (Å²) in [6, 6.07) is 90.2. The summed E-state index contributed by atoms with van der Waals surface area (Å²) in [6.45, 7) is 0. The summed E-state index contributed by atoms with van der Waals surface area (Å²) in [4.78, 5) is 2.42. The zero-order valence-electron chi connectivity index (χ0n) is 36.4. The number of nitrogens with zero attached hydrogens (tertiary/aromatic N) is 1. The highest BCUT2D eigenvalue weighted by atomic mass is 32.1. The molecule has 0 spiro atoms. The first-order valence-electron chi connectivity index (χ1n) is 22.8. The fourth-order valence-electron chi connectivity index (χ4n) is 9.93. The third-order valence-electron chi connectivity index (χ3n) is 13.2. The molecule has 67 heavy (non-hydrogen) atoms. The van der Waals surface area contributed by atoms with Gasteiger partial charge in [-0.25, -0.2) is 0 Å². The van der Waals surface area contributed by atoms with E-state index in [1.54, 1.807) is 0 Å². The molecule has 0 unspecified atom stereocenters. The first kappa shape index (κ1) is 38.9. The average Bonchev–Trinajstić information content (AvgIpc) is 3.97. The van der Waals surface area contributed by atoms with Gasteiger partial charge in [0.05, 0.1) is 16.1 Å². The molecule has 0 amide bonds. The van der Waals surface area contributed by atoms with Crippen LogP contribution < -0.4 is 4.90 Å². The molecule has 3 heteroatoms. The topological polar surface area (TPSA) is 16.4 Å². The number of hydrogen-bond acceptors (Lipinski definition) is 3. The van der Waals surface area contributed by atoms with Crippen LogP contribution in [0, 0.1) is 0 Å². The van der Waals surface area contributed by atoms with Crippen LogP contribution in [0.4, 0.5) is 17.1 Å². The number of thiophene rings is 1. The minimum absolute atomic E-state index is 0.847. The van der Waals surface area contributed by atoms with Crippen molar-refractivity contribution in [2.45, 2.75) is 0 Å². The van der Waals surface area contributed by atoms with E-state index >= 15 is 0 Å². The SMILES string of the molecule is c1ccc(-c2ccc(N(c3cc(-c4ccc(-c5cc(-c6ccccc6)cc(-c6ccccc6)c5)cc4)c4c(c3)oc3cc5ccccc5cc34)c3cccc4c3sc3ccccc34)cc2)cc1. The largest absolute Gasteiger partial charge is 0.456 e. The monoisotopic (exact) mass is 871 g/mol. The molecular formula is C64H41NOS. The number of benzene rings is 11. The van der Waals surface area contributed by atoms with Crippen molar-refractivity contribution >= 4 is 81.3 Å². The Bertz CT molecular complexity index is 3890. The van der Waals surface area contributed by atoms with E-state index in [4.69, 9.17) is 4.42 Å². The van der Waals surface area contributed by atoms with Crippen molar-refractivity contribution in [1.82, 2.24) is 0 Å². The van der Waals surface area contributed by atoms with Gasteiger partial charge >= 0.3 is 0 Å². The number of anilines is 3. The Morgan fingerprint density at radius 3 is 1.48 bits per heavy atom. The predicted molar refractivity (Wildman–Crippen MR) is 286 cm³/mol. The first-order chi connectivity index (χ1) is 33.2. The number of fused-ring (bicyclic) bond motifs is 7. The molecule has 0 aliphatic heterocycles. The smallest absolute Gasteiger partial charge is 0.138 e. The Morgan fingerprint density at radius 2 is 0.821 bits per heavy atom. The van der Waals surface area contributed by atoms with Crippen molar-refractivity contribution in [3.63, 3.8) is 0 Å². The number of furan rings is 1. The van der Waals surface area contributed by atoms with Crippen molar-refractivity contribution in [2.24, 2.45) is 0 Å². The van der Waals surface area contributed by atoms with Gasteiger partial charge in [0.25, 0.3) is 0 Å². The predicted octanol–water partition coefficient (Wildman–Crippen LogP) is 18.9. The second kappa shape index (κ2) is 16.2. The number of hydrogen-bond donors (Lipinski definition) is 0. The fourth-order valence-corrected chi connectivity index (χ4v) is 11.1. The van der Waals surface area contributed by atoms with Gasteiger partial charge in [0, 0.05) is 38.0 Å². The summed E-state index contributed by atoms with van der Waals surface area (Å²) in [7, 11) is 0. The lowest BCUT2D eigenvalue weighted by Crippen LogP contribution is -2.10. The highest BCUT2D eigenvalue weighted by Crippen LogP contribution is 2.48. The van der Waals surface area contributed by atoms with Gasteiger partial charge in [0.15, 0.2) is 0 Å². The summed E-state index contributed by atoms with van der Waals surface area (Å²) in [5, 5.41) is 7.08. The Labute approximate surface area is 392 Å². The van der Waals surface area contributed by atoms with Crippen LogP contribution in [0.3, 0.4) is 0 Å². The molecule has 314 valence electrons. The Hall–Kier alpha value is -8.50. The third kappa shape index (κ3) is 6.96. The van der Waals surface area contributed by atoms with Crippen molar-refractivity contribution in [2.75, 3.05) is 4.90 Å². The van der Waals surface area contributed by atoms with E-state index in [0.717, 1.165) is 61.1 Å². The van der Waals surface area contributed by atoms with E-state index in [0.29, 0.717) is 0 Å². The maximum Gasteiger partial charge on any atom is 0.138 e. The lowest BCUT2D eigenvalue weighted by molar-refractivity contribution is 0.669. The summed E-state index contributed by atoms with van der Waals surface area (Å²) in [5.41, 5.74) is 16.7. The minimum atomic E-state index is 0.847. The Morgan fingerprint density at radius 1 is 0.313 bits per heavy atom. The van der Waals surface area contributed by atoms with Gasteiger partial charge < -0.3 is 9.32 Å². The molecule has 13 rings (SSSR count). The molecule has 0 radical (unpaired) electrons. The fraction of sp³-hybridized carbons (Fsp3) is 0. The maximum atomic E-state index is 6.98. The molecule has 11 aromatic carbocycles. The molecule has 0 saturated carbocycles. The summed E-state index contributed by atoms with van der Waals surface area (Å²) in [5.74, 6) is 0. The van der Waals surface area contributed by atoms with Gasteiger partial charge in [-0.1, -0.05) is 182 Å². The van der Waals surface area contributed by atoms with E-state index in [-0.39, 0.29) is 0 Å². The third-order valence-corrected chi connectivity index (χ3v) is 14.4. The number of rotatable bonds is 8. The average molecular weight is 872 g/mol. The van der Waals surface area contributed by atoms with Crippen LogP contribution >= 0.6 is 11.3 Å². The van der Waals surface area contributed by atoms with Crippen LogP contribution in [0.25, 0.3) is 109 Å². The quantitative estimate of drug-likeness (QED) is 0.151. The van der Waals surface area contributed by atoms with Crippen molar-refractivity contribution < 1.29 is 4.42 Å². The first-order valence-corrected chi connectivity index (χ1v) is 23.6. The molecule has 0 aliphatic rings. The van der Waals surface area contributed by atoms with E-state index in [1.807, 2.05) is 11.3 Å². The van der Waals surface area contributed by atoms with Gasteiger partial charge in [-0.2, -0.15) is 0 Å². The van der Waals surface area contributed by atoms with Crippen LogP contribution in [0.15, 0.2) is 253 Å². The Kier molecular flexibility index (Phi) is 9.40. The molecule has 13 aromatic rings. The lowest BCUT2D eigenvalue weighted by Gasteiger charge is -2.27. The van der Waals surface area contributed by atoms with Gasteiger partial charge in [-0.15, -0.1) is 11.3 Å². The van der Waals surface area contributed by atoms with Gasteiger partial charge in [0.2, 0.25) is 0 Å². The van der Waals surface area contributed by atoms with Crippen LogP contribution in [0.5, 0.6) is 0 Å². The molecule has 2 heterocycles. The van der Waals surface area contributed by atoms with Gasteiger partial charge in [-0.3, -0.25) is 0 Å². The molecule has 2 nitrogen and oxygen atoms in total. The highest BCUT2D eigenvalue weighted by Gasteiger charge is 2.23. The van der Waals surface area contributed by atoms with Gasteiger partial charge in [-0.05, 0) is 127 Å². The van der Waals surface area contributed by atoms with Crippen LogP contribution in [-0.2, 0) is 0 Å². The van der Waals surface area contributed by atoms with Crippen molar-refractivity contribution in [3.8, 4) is 55.6 Å². The standard InChI is InChI=1S/C64H41NOS/c1-4-15-42(16-5-1)45-31-33-53(34-32-45)65(59-25-14-24-56-55-23-12-13-26-62(55)67-64(56)59)54-40-57(63-58-38-48-21-10-11-22-49(48)39-60(58)66-61(63)41-54)47-29-27-46(28-30-47)52-36-50(43-17-6-2-7-18-43)35-51(37-52)44-19-8-3-9-20-44/h1-41H. The van der Waals surface area contributed by atoms with E-state index in [2.05, 4.69) is 254 Å². The Balaban J connectivity index is 1.02. The zero-order valence-corrected chi connectivity index (χ0v) is 37.3. The van der Waals surface area contributed by atoms with E-state index in [1.165, 1.54) is 64.5 Å². The highest BCUT2D eigenvalue weighted by molar-refractivity contribution is 7.26. The maximum absolute atomic E-state index is 6.98. The summed E-state index contributed by atoms with van der Waals surface area (Å²) >= 11 is 1.85. The summed E-state index contributed by atoms with van der Waals surface area (Å²) < 4.78 is 9.49. The van der Waals surface area contributed by atoms with E-state index in [9.17, 15) is 0 Å². The molecule has 0 N–H and O–H groups in total. The summed E-state index contributed by atoms with van der Waals surface area (Å²) in [6.07, 6.45) is 0. The molecule has 0 fully saturated rings. The molecule has 0 bridgehead atoms. The zero-order chi connectivity index (χ0) is 44.3. The van der Waals surface area contributed by atoms with Gasteiger partial charge in [0.1, 0.15) is 11.2 Å². The van der Waals surface area contributed by atoms with Crippen LogP contribution in [0.2, 0.25) is 0 Å². The molecule has 0 aliphatic carbocycles.